The Balaban J connectivity index is 1.27. The summed E-state index contributed by atoms with van der Waals surface area (Å²) in [5, 5.41) is 18.1. The van der Waals surface area contributed by atoms with Gasteiger partial charge in [-0.25, -0.2) is 9.48 Å². The fourth-order valence-corrected chi connectivity index (χ4v) is 6.62. The highest BCUT2D eigenvalue weighted by Gasteiger charge is 2.54. The normalized spacial score (nSPS) is 18.1. The van der Waals surface area contributed by atoms with Crippen molar-refractivity contribution in [3.05, 3.63) is 107 Å². The summed E-state index contributed by atoms with van der Waals surface area (Å²) in [6.07, 6.45) is 4.12. The molecule has 6 rings (SSSR count). The third-order valence-electron chi connectivity index (χ3n) is 6.79. The van der Waals surface area contributed by atoms with Gasteiger partial charge in [-0.2, -0.15) is 0 Å². The molecule has 2 aromatic heterocycles. The molecule has 4 aromatic rings. The summed E-state index contributed by atoms with van der Waals surface area (Å²) in [5.41, 5.74) is 2.28. The summed E-state index contributed by atoms with van der Waals surface area (Å²) in [6, 6.07) is 19.7. The number of ether oxygens (including phenoxy) is 1. The standard InChI is InChI=1S/C29H25N7O5S2/c1-35-21(31-33-34-35)13-12-20-16-43-28-24(30-22(37)17-42-23-14-15-40-32-23)27(38)36(28)25(20)29(39)41-26(18-8-4-2-5-9-18)19-10-6-3-7-11-19/h2-15,24,26,28H,16-17H2,1H3,(H,30,37)/b13-12+. The summed E-state index contributed by atoms with van der Waals surface area (Å²) in [5.74, 6) is -0.447. The molecule has 14 heteroatoms. The molecule has 0 bridgehead atoms. The maximum absolute atomic E-state index is 14.0. The van der Waals surface area contributed by atoms with Crippen LogP contribution in [-0.4, -0.2) is 71.0 Å². The number of tetrazole rings is 1. The Kier molecular flexibility index (Phi) is 8.38. The van der Waals surface area contributed by atoms with Crippen molar-refractivity contribution in [2.75, 3.05) is 11.5 Å². The summed E-state index contributed by atoms with van der Waals surface area (Å²) in [7, 11) is 1.70. The largest absolute Gasteiger partial charge is 0.448 e. The Morgan fingerprint density at radius 1 is 1.12 bits per heavy atom. The molecule has 2 aliphatic heterocycles. The van der Waals surface area contributed by atoms with Crippen LogP contribution in [-0.2, 0) is 26.2 Å². The van der Waals surface area contributed by atoms with E-state index in [-0.39, 0.29) is 17.4 Å². The molecule has 0 aliphatic carbocycles. The number of hydrogen-bond donors (Lipinski definition) is 1. The molecule has 2 aromatic carbocycles. The Morgan fingerprint density at radius 2 is 1.84 bits per heavy atom. The fourth-order valence-electron chi connectivity index (χ4n) is 4.69. The minimum Gasteiger partial charge on any atom is -0.448 e. The Bertz CT molecular complexity index is 1640. The van der Waals surface area contributed by atoms with E-state index in [2.05, 4.69) is 26.0 Å². The van der Waals surface area contributed by atoms with Crippen molar-refractivity contribution >= 4 is 47.4 Å². The molecular formula is C29H25N7O5S2. The number of thioether (sulfide) groups is 2. The summed E-state index contributed by atoms with van der Waals surface area (Å²) < 4.78 is 12.4. The molecule has 0 spiro atoms. The molecule has 0 radical (unpaired) electrons. The molecule has 2 unspecified atom stereocenters. The van der Waals surface area contributed by atoms with E-state index in [1.807, 2.05) is 60.7 Å². The molecule has 2 atom stereocenters. The zero-order valence-electron chi connectivity index (χ0n) is 22.8. The number of hydrogen-bond acceptors (Lipinski definition) is 11. The van der Waals surface area contributed by atoms with Crippen molar-refractivity contribution in [2.24, 2.45) is 7.05 Å². The number of amides is 2. The molecule has 1 saturated heterocycles. The van der Waals surface area contributed by atoms with E-state index in [9.17, 15) is 14.4 Å². The molecule has 43 heavy (non-hydrogen) atoms. The maximum Gasteiger partial charge on any atom is 0.356 e. The quantitative estimate of drug-likeness (QED) is 0.160. The van der Waals surface area contributed by atoms with Crippen molar-refractivity contribution in [1.29, 1.82) is 0 Å². The van der Waals surface area contributed by atoms with Crippen LogP contribution in [0.3, 0.4) is 0 Å². The number of rotatable bonds is 10. The van der Waals surface area contributed by atoms with Crippen LogP contribution in [0.2, 0.25) is 0 Å². The number of carbonyl (C=O) groups is 3. The smallest absolute Gasteiger partial charge is 0.356 e. The lowest BCUT2D eigenvalue weighted by Gasteiger charge is -2.49. The van der Waals surface area contributed by atoms with Gasteiger partial charge in [0.2, 0.25) is 5.91 Å². The summed E-state index contributed by atoms with van der Waals surface area (Å²) in [6.45, 7) is 0. The third kappa shape index (κ3) is 6.10. The molecule has 1 fully saturated rings. The van der Waals surface area contributed by atoms with Crippen molar-refractivity contribution in [2.45, 2.75) is 22.5 Å². The Hall–Kier alpha value is -4.69. The monoisotopic (exact) mass is 615 g/mol. The van der Waals surface area contributed by atoms with Crippen LogP contribution in [0.4, 0.5) is 0 Å². The lowest BCUT2D eigenvalue weighted by Crippen LogP contribution is -2.70. The van der Waals surface area contributed by atoms with E-state index in [4.69, 9.17) is 9.26 Å². The first-order chi connectivity index (χ1) is 21.0. The van der Waals surface area contributed by atoms with Gasteiger partial charge in [0.15, 0.2) is 11.9 Å². The molecular weight excluding hydrogens is 590 g/mol. The molecule has 0 saturated carbocycles. The summed E-state index contributed by atoms with van der Waals surface area (Å²) >= 11 is 2.64. The van der Waals surface area contributed by atoms with Crippen molar-refractivity contribution in [1.82, 2.24) is 35.6 Å². The first-order valence-corrected chi connectivity index (χ1v) is 15.2. The van der Waals surface area contributed by atoms with E-state index in [1.54, 1.807) is 25.3 Å². The van der Waals surface area contributed by atoms with Crippen LogP contribution >= 0.6 is 23.5 Å². The molecule has 2 amide bonds. The first kappa shape index (κ1) is 28.4. The second-order valence-electron chi connectivity index (χ2n) is 9.56. The number of allylic oxidation sites excluding steroid dienone is 1. The minimum absolute atomic E-state index is 0.0635. The van der Waals surface area contributed by atoms with E-state index in [0.29, 0.717) is 22.2 Å². The van der Waals surface area contributed by atoms with Gasteiger partial charge in [0.05, 0.1) is 5.75 Å². The number of esters is 1. The van der Waals surface area contributed by atoms with Crippen LogP contribution in [0.5, 0.6) is 0 Å². The average molecular weight is 616 g/mol. The van der Waals surface area contributed by atoms with Crippen LogP contribution in [0.25, 0.3) is 6.08 Å². The highest BCUT2D eigenvalue weighted by molar-refractivity contribution is 8.00. The molecule has 1 N–H and O–H groups in total. The van der Waals surface area contributed by atoms with E-state index >= 15 is 0 Å². The lowest BCUT2D eigenvalue weighted by atomic mass is 10.0. The van der Waals surface area contributed by atoms with E-state index < -0.39 is 29.4 Å². The number of aromatic nitrogens is 5. The molecule has 4 heterocycles. The van der Waals surface area contributed by atoms with Gasteiger partial charge in [-0.05, 0) is 33.2 Å². The van der Waals surface area contributed by atoms with Gasteiger partial charge in [0, 0.05) is 18.9 Å². The Morgan fingerprint density at radius 3 is 2.47 bits per heavy atom. The van der Waals surface area contributed by atoms with Gasteiger partial charge in [0.1, 0.15) is 28.4 Å². The zero-order valence-corrected chi connectivity index (χ0v) is 24.4. The highest BCUT2D eigenvalue weighted by atomic mass is 32.2. The Labute approximate surface area is 254 Å². The topological polar surface area (TPSA) is 145 Å². The second-order valence-corrected chi connectivity index (χ2v) is 11.7. The predicted octanol–water partition coefficient (Wildman–Crippen LogP) is 2.99. The number of carbonyl (C=O) groups excluding carboxylic acids is 3. The van der Waals surface area contributed by atoms with Gasteiger partial charge in [-0.3, -0.25) is 14.5 Å². The zero-order chi connectivity index (χ0) is 29.8. The third-order valence-corrected chi connectivity index (χ3v) is 9.00. The number of aryl methyl sites for hydroxylation is 1. The molecule has 218 valence electrons. The van der Waals surface area contributed by atoms with Gasteiger partial charge < -0.3 is 14.6 Å². The lowest BCUT2D eigenvalue weighted by molar-refractivity contribution is -0.154. The van der Waals surface area contributed by atoms with Gasteiger partial charge in [0.25, 0.3) is 5.91 Å². The predicted molar refractivity (Wildman–Crippen MR) is 158 cm³/mol. The fraction of sp³-hybridized carbons (Fsp3) is 0.207. The number of β-lactam (4-membered cyclic amide) rings is 1. The van der Waals surface area contributed by atoms with Crippen LogP contribution in [0.15, 0.2) is 99.9 Å². The van der Waals surface area contributed by atoms with Gasteiger partial charge in [-0.15, -0.1) is 16.9 Å². The number of nitrogens with one attached hydrogen (secondary N) is 1. The van der Waals surface area contributed by atoms with Crippen LogP contribution in [0, 0.1) is 0 Å². The van der Waals surface area contributed by atoms with Crippen LogP contribution < -0.4 is 5.32 Å². The van der Waals surface area contributed by atoms with Gasteiger partial charge in [-0.1, -0.05) is 83.7 Å². The van der Waals surface area contributed by atoms with E-state index in [1.165, 1.54) is 39.4 Å². The molecule has 2 aliphatic rings. The number of benzene rings is 2. The molecule has 12 nitrogen and oxygen atoms in total. The highest BCUT2D eigenvalue weighted by Crippen LogP contribution is 2.42. The second kappa shape index (κ2) is 12.7. The van der Waals surface area contributed by atoms with Crippen molar-refractivity contribution in [3.8, 4) is 0 Å². The SMILES string of the molecule is Cn1nnnc1/C=C/C1=C(C(=O)OC(c2ccccc2)c2ccccc2)N2C(=O)C(NC(=O)CSc3ccon3)C2SC1. The summed E-state index contributed by atoms with van der Waals surface area (Å²) in [4.78, 5) is 41.6. The van der Waals surface area contributed by atoms with Crippen molar-refractivity contribution < 1.29 is 23.6 Å². The maximum atomic E-state index is 14.0. The van der Waals surface area contributed by atoms with E-state index in [0.717, 1.165) is 11.1 Å². The van der Waals surface area contributed by atoms with Crippen LogP contribution in [0.1, 0.15) is 23.1 Å². The first-order valence-electron chi connectivity index (χ1n) is 13.2. The number of nitrogens with zero attached hydrogens (tertiary/aromatic N) is 6. The van der Waals surface area contributed by atoms with Gasteiger partial charge >= 0.3 is 5.97 Å². The average Bonchev–Trinajstić information content (AvgIpc) is 3.72. The number of fused-ring (bicyclic) bond motifs is 1. The van der Waals surface area contributed by atoms with Crippen molar-refractivity contribution in [3.63, 3.8) is 0 Å². The minimum atomic E-state index is -0.786.